The maximum Gasteiger partial charge on any atom is 0.268 e. The Kier molecular flexibility index (Phi) is 6.29. The maximum atomic E-state index is 14.6. The highest BCUT2D eigenvalue weighted by atomic mass is 35.5. The number of hydrogen-bond acceptors (Lipinski definition) is 5. The zero-order valence-corrected chi connectivity index (χ0v) is 18.4. The van der Waals surface area contributed by atoms with Crippen LogP contribution < -0.4 is 21.3 Å². The summed E-state index contributed by atoms with van der Waals surface area (Å²) in [5.41, 5.74) is 5.80. The topological polar surface area (TPSA) is 99.2 Å². The first-order valence-corrected chi connectivity index (χ1v) is 10.3. The molecule has 0 saturated carbocycles. The number of nitrogens with one attached hydrogen (secondary N) is 1. The average molecular weight is 483 g/mol. The highest BCUT2D eigenvalue weighted by Crippen LogP contribution is 2.34. The average Bonchev–Trinajstić information content (AvgIpc) is 2.79. The number of pyridine rings is 2. The Bertz CT molecular complexity index is 1460. The number of nitrogens with two attached hydrogens (primary N) is 1. The highest BCUT2D eigenvalue weighted by molar-refractivity contribution is 6.34. The van der Waals surface area contributed by atoms with Gasteiger partial charge in [0.2, 0.25) is 0 Å². The van der Waals surface area contributed by atoms with Crippen molar-refractivity contribution < 1.29 is 18.3 Å². The molecule has 1 amide bonds. The van der Waals surface area contributed by atoms with E-state index in [0.717, 1.165) is 6.07 Å². The fraction of sp³-hybridized carbons (Fsp3) is 0.0417. The van der Waals surface area contributed by atoms with Crippen molar-refractivity contribution in [3.63, 3.8) is 0 Å². The minimum Gasteiger partial charge on any atom is -0.453 e. The van der Waals surface area contributed by atoms with Crippen LogP contribution in [-0.2, 0) is 0 Å². The molecule has 10 heteroatoms. The molecular weight excluding hydrogens is 466 g/mol. The molecule has 2 heterocycles. The zero-order valence-electron chi connectivity index (χ0n) is 17.7. The van der Waals surface area contributed by atoms with E-state index in [2.05, 4.69) is 10.3 Å². The lowest BCUT2D eigenvalue weighted by atomic mass is 10.1. The lowest BCUT2D eigenvalue weighted by molar-refractivity contribution is 0.102. The fourth-order valence-corrected chi connectivity index (χ4v) is 3.35. The number of amides is 1. The van der Waals surface area contributed by atoms with Crippen LogP contribution in [0.15, 0.2) is 71.8 Å². The molecule has 0 spiro atoms. The van der Waals surface area contributed by atoms with Crippen molar-refractivity contribution in [1.82, 2.24) is 9.55 Å². The van der Waals surface area contributed by atoms with Crippen LogP contribution >= 0.6 is 11.6 Å². The van der Waals surface area contributed by atoms with E-state index in [1.807, 2.05) is 0 Å². The molecule has 0 saturated heterocycles. The number of halogens is 3. The fourth-order valence-electron chi connectivity index (χ4n) is 3.20. The number of anilines is 2. The number of hydrogen-bond donors (Lipinski definition) is 2. The van der Waals surface area contributed by atoms with Gasteiger partial charge in [-0.2, -0.15) is 0 Å². The van der Waals surface area contributed by atoms with Crippen molar-refractivity contribution in [2.75, 3.05) is 11.1 Å². The summed E-state index contributed by atoms with van der Waals surface area (Å²) < 4.78 is 34.5. The molecule has 0 bridgehead atoms. The van der Waals surface area contributed by atoms with Crippen molar-refractivity contribution in [3.05, 3.63) is 105 Å². The Labute approximate surface area is 197 Å². The number of aromatic nitrogens is 2. The number of ether oxygens (including phenoxy) is 1. The Morgan fingerprint density at radius 2 is 1.82 bits per heavy atom. The first kappa shape index (κ1) is 22.9. The number of benzene rings is 2. The van der Waals surface area contributed by atoms with Crippen molar-refractivity contribution in [1.29, 1.82) is 0 Å². The lowest BCUT2D eigenvalue weighted by Gasteiger charge is -2.13. The summed E-state index contributed by atoms with van der Waals surface area (Å²) in [7, 11) is 0. The summed E-state index contributed by atoms with van der Waals surface area (Å²) in [6.07, 6.45) is 2.86. The Balaban J connectivity index is 1.59. The van der Waals surface area contributed by atoms with E-state index in [4.69, 9.17) is 22.1 Å². The predicted molar refractivity (Wildman–Crippen MR) is 125 cm³/mol. The molecule has 34 heavy (non-hydrogen) atoms. The molecule has 4 rings (SSSR count). The van der Waals surface area contributed by atoms with Gasteiger partial charge in [0.05, 0.1) is 0 Å². The van der Waals surface area contributed by atoms with Crippen molar-refractivity contribution in [3.8, 4) is 17.2 Å². The van der Waals surface area contributed by atoms with E-state index in [0.29, 0.717) is 11.3 Å². The molecule has 0 unspecified atom stereocenters. The third kappa shape index (κ3) is 4.60. The Morgan fingerprint density at radius 1 is 1.09 bits per heavy atom. The Morgan fingerprint density at radius 3 is 2.53 bits per heavy atom. The van der Waals surface area contributed by atoms with Gasteiger partial charge < -0.3 is 15.8 Å². The first-order chi connectivity index (χ1) is 16.2. The van der Waals surface area contributed by atoms with Gasteiger partial charge in [0, 0.05) is 35.9 Å². The number of carbonyl (C=O) groups is 1. The molecule has 0 radical (unpaired) electrons. The molecule has 7 nitrogen and oxygen atoms in total. The number of carbonyl (C=O) groups excluding carboxylic acids is 1. The van der Waals surface area contributed by atoms with Gasteiger partial charge >= 0.3 is 0 Å². The standard InChI is InChI=1S/C24H17ClF2N4O3/c1-13-9-11-31(16-5-2-14(26)3-6-16)24(33)20(13)23(32)30-15-4-7-18(17(27)12-15)34-19-8-10-29-22(28)21(19)25/h2-12H,1H3,(H2,28,29)(H,30,32). The van der Waals surface area contributed by atoms with Crippen LogP contribution in [0.1, 0.15) is 15.9 Å². The molecular formula is C24H17ClF2N4O3. The second kappa shape index (κ2) is 9.32. The van der Waals surface area contributed by atoms with Gasteiger partial charge in [0.15, 0.2) is 17.3 Å². The van der Waals surface area contributed by atoms with Crippen molar-refractivity contribution in [2.45, 2.75) is 6.92 Å². The largest absolute Gasteiger partial charge is 0.453 e. The molecule has 4 aromatic rings. The lowest BCUT2D eigenvalue weighted by Crippen LogP contribution is -2.29. The summed E-state index contributed by atoms with van der Waals surface area (Å²) in [6.45, 7) is 1.60. The van der Waals surface area contributed by atoms with E-state index in [1.165, 1.54) is 59.4 Å². The molecule has 0 fully saturated rings. The summed E-state index contributed by atoms with van der Waals surface area (Å²) in [4.78, 5) is 29.7. The normalized spacial score (nSPS) is 10.7. The summed E-state index contributed by atoms with van der Waals surface area (Å²) >= 11 is 6.02. The smallest absolute Gasteiger partial charge is 0.268 e. The van der Waals surface area contributed by atoms with Gasteiger partial charge in [0.1, 0.15) is 22.2 Å². The number of rotatable bonds is 5. The van der Waals surface area contributed by atoms with Gasteiger partial charge in [-0.3, -0.25) is 14.2 Å². The van der Waals surface area contributed by atoms with Crippen LogP contribution in [0.25, 0.3) is 5.69 Å². The van der Waals surface area contributed by atoms with Gasteiger partial charge in [-0.25, -0.2) is 13.8 Å². The molecule has 172 valence electrons. The number of nitrogen functional groups attached to an aromatic ring is 1. The quantitative estimate of drug-likeness (QED) is 0.412. The van der Waals surface area contributed by atoms with E-state index in [-0.39, 0.29) is 33.6 Å². The maximum absolute atomic E-state index is 14.6. The SMILES string of the molecule is Cc1ccn(-c2ccc(F)cc2)c(=O)c1C(=O)Nc1ccc(Oc2ccnc(N)c2Cl)c(F)c1. The molecule has 0 atom stereocenters. The summed E-state index contributed by atoms with van der Waals surface area (Å²) in [6, 6.07) is 12.0. The predicted octanol–water partition coefficient (Wildman–Crippen LogP) is 5.10. The zero-order chi connectivity index (χ0) is 24.4. The molecule has 3 N–H and O–H groups in total. The van der Waals surface area contributed by atoms with Crippen LogP contribution in [0.4, 0.5) is 20.3 Å². The Hall–Kier alpha value is -4.24. The number of aryl methyl sites for hydroxylation is 1. The van der Waals surface area contributed by atoms with Gasteiger partial charge in [-0.05, 0) is 55.0 Å². The molecule has 2 aromatic carbocycles. The molecule has 2 aromatic heterocycles. The summed E-state index contributed by atoms with van der Waals surface area (Å²) in [5.74, 6) is -1.96. The second-order valence-electron chi connectivity index (χ2n) is 7.24. The molecule has 0 aliphatic carbocycles. The van der Waals surface area contributed by atoms with Crippen LogP contribution in [0, 0.1) is 18.6 Å². The third-order valence-electron chi connectivity index (χ3n) is 4.92. The van der Waals surface area contributed by atoms with Gasteiger partial charge in [0.25, 0.3) is 11.5 Å². The molecule has 0 aliphatic heterocycles. The van der Waals surface area contributed by atoms with E-state index < -0.39 is 23.1 Å². The van der Waals surface area contributed by atoms with E-state index in [9.17, 15) is 18.4 Å². The first-order valence-electron chi connectivity index (χ1n) is 9.91. The van der Waals surface area contributed by atoms with Gasteiger partial charge in [-0.1, -0.05) is 11.6 Å². The monoisotopic (exact) mass is 482 g/mol. The second-order valence-corrected chi connectivity index (χ2v) is 7.61. The minimum absolute atomic E-state index is 0.0352. The van der Waals surface area contributed by atoms with E-state index >= 15 is 0 Å². The van der Waals surface area contributed by atoms with Crippen LogP contribution in [0.2, 0.25) is 5.02 Å². The van der Waals surface area contributed by atoms with Crippen molar-refractivity contribution in [2.24, 2.45) is 0 Å². The van der Waals surface area contributed by atoms with Crippen LogP contribution in [0.3, 0.4) is 0 Å². The highest BCUT2D eigenvalue weighted by Gasteiger charge is 2.18. The minimum atomic E-state index is -0.780. The van der Waals surface area contributed by atoms with Crippen molar-refractivity contribution >= 4 is 29.0 Å². The van der Waals surface area contributed by atoms with Gasteiger partial charge in [-0.15, -0.1) is 0 Å². The van der Waals surface area contributed by atoms with Crippen LogP contribution in [-0.4, -0.2) is 15.5 Å². The third-order valence-corrected chi connectivity index (χ3v) is 5.30. The summed E-state index contributed by atoms with van der Waals surface area (Å²) in [5, 5.41) is 2.55. The number of nitrogens with zero attached hydrogens (tertiary/aromatic N) is 2. The van der Waals surface area contributed by atoms with Crippen LogP contribution in [0.5, 0.6) is 11.5 Å². The van der Waals surface area contributed by atoms with E-state index in [1.54, 1.807) is 13.0 Å². The molecule has 0 aliphatic rings.